The summed E-state index contributed by atoms with van der Waals surface area (Å²) in [7, 11) is 1.48. The molecule has 1 fully saturated rings. The summed E-state index contributed by atoms with van der Waals surface area (Å²) in [6.07, 6.45) is 1.90. The summed E-state index contributed by atoms with van der Waals surface area (Å²) in [6.45, 7) is 7.78. The van der Waals surface area contributed by atoms with Crippen LogP contribution in [-0.4, -0.2) is 38.2 Å². The van der Waals surface area contributed by atoms with Gasteiger partial charge in [0.2, 0.25) is 0 Å². The second-order valence-corrected chi connectivity index (χ2v) is 4.36. The molecule has 1 aromatic rings. The summed E-state index contributed by atoms with van der Waals surface area (Å²) in [5, 5.41) is 3.32. The van der Waals surface area contributed by atoms with Gasteiger partial charge >= 0.3 is 0 Å². The van der Waals surface area contributed by atoms with Gasteiger partial charge in [-0.05, 0) is 17.7 Å². The van der Waals surface area contributed by atoms with E-state index in [1.807, 2.05) is 6.08 Å². The maximum absolute atomic E-state index is 13.4. The lowest BCUT2D eigenvalue weighted by molar-refractivity contribution is 0.203. The average Bonchev–Trinajstić information content (AvgIpc) is 2.42. The molecule has 3 nitrogen and oxygen atoms in total. The number of nitrogens with zero attached hydrogens (tertiary/aromatic N) is 1. The van der Waals surface area contributed by atoms with E-state index in [0.717, 1.165) is 31.7 Å². The van der Waals surface area contributed by atoms with Gasteiger partial charge in [0, 0.05) is 26.2 Å². The molecule has 0 saturated carbocycles. The van der Waals surface area contributed by atoms with Crippen LogP contribution in [0.3, 0.4) is 0 Å². The topological polar surface area (TPSA) is 24.5 Å². The predicted octanol–water partition coefficient (Wildman–Crippen LogP) is 2.39. The molecule has 0 aromatic heterocycles. The molecule has 0 bridgehead atoms. The van der Waals surface area contributed by atoms with E-state index in [0.29, 0.717) is 0 Å². The summed E-state index contributed by atoms with van der Waals surface area (Å²) in [5.74, 6) is -0.0427. The lowest BCUT2D eigenvalue weighted by Crippen LogP contribution is -2.44. The minimum Gasteiger partial charge on any atom is -0.494 e. The van der Waals surface area contributed by atoms with Crippen molar-refractivity contribution < 1.29 is 9.13 Å². The highest BCUT2D eigenvalue weighted by molar-refractivity contribution is 5.85. The van der Waals surface area contributed by atoms with Gasteiger partial charge in [-0.2, -0.15) is 0 Å². The Labute approximate surface area is 119 Å². The van der Waals surface area contributed by atoms with Crippen LogP contribution in [0.2, 0.25) is 0 Å². The molecule has 106 valence electrons. The van der Waals surface area contributed by atoms with Crippen molar-refractivity contribution in [1.29, 1.82) is 0 Å². The number of rotatable bonds is 4. The second kappa shape index (κ2) is 7.48. The summed E-state index contributed by atoms with van der Waals surface area (Å²) < 4.78 is 18.4. The van der Waals surface area contributed by atoms with E-state index >= 15 is 0 Å². The zero-order valence-corrected chi connectivity index (χ0v) is 11.9. The van der Waals surface area contributed by atoms with Crippen LogP contribution >= 0.6 is 12.4 Å². The van der Waals surface area contributed by atoms with Gasteiger partial charge < -0.3 is 10.1 Å². The number of methoxy groups -OCH3 is 1. The fraction of sp³-hybridized carbons (Fsp3) is 0.429. The van der Waals surface area contributed by atoms with Gasteiger partial charge in [-0.15, -0.1) is 19.0 Å². The largest absolute Gasteiger partial charge is 0.494 e. The van der Waals surface area contributed by atoms with Crippen molar-refractivity contribution in [3.05, 3.63) is 42.2 Å². The summed E-state index contributed by atoms with van der Waals surface area (Å²) in [4.78, 5) is 2.33. The minimum absolute atomic E-state index is 0. The lowest BCUT2D eigenvalue weighted by Gasteiger charge is -2.33. The van der Waals surface area contributed by atoms with Gasteiger partial charge in [-0.1, -0.05) is 12.1 Å². The number of hydrogen-bond acceptors (Lipinski definition) is 3. The molecule has 0 spiro atoms. The highest BCUT2D eigenvalue weighted by Gasteiger charge is 2.20. The van der Waals surface area contributed by atoms with Crippen molar-refractivity contribution in [3.8, 4) is 5.75 Å². The van der Waals surface area contributed by atoms with E-state index in [-0.39, 0.29) is 30.0 Å². The summed E-state index contributed by atoms with van der Waals surface area (Å²) in [5.41, 5.74) is 1.02. The monoisotopic (exact) mass is 286 g/mol. The van der Waals surface area contributed by atoms with Gasteiger partial charge in [0.15, 0.2) is 11.6 Å². The first-order valence-electron chi connectivity index (χ1n) is 6.17. The molecule has 1 aromatic carbocycles. The van der Waals surface area contributed by atoms with Gasteiger partial charge in [0.05, 0.1) is 13.2 Å². The molecule has 1 N–H and O–H groups in total. The van der Waals surface area contributed by atoms with Gasteiger partial charge in [-0.25, -0.2) is 4.39 Å². The summed E-state index contributed by atoms with van der Waals surface area (Å²) in [6, 6.07) is 5.12. The zero-order valence-electron chi connectivity index (χ0n) is 11.1. The lowest BCUT2D eigenvalue weighted by atomic mass is 10.0. The second-order valence-electron chi connectivity index (χ2n) is 4.36. The number of halogens is 2. The molecular weight excluding hydrogens is 267 g/mol. The molecule has 0 aliphatic carbocycles. The van der Waals surface area contributed by atoms with E-state index < -0.39 is 0 Å². The fourth-order valence-electron chi connectivity index (χ4n) is 2.32. The Hall–Kier alpha value is -1.10. The van der Waals surface area contributed by atoms with E-state index in [1.165, 1.54) is 13.2 Å². The van der Waals surface area contributed by atoms with Gasteiger partial charge in [-0.3, -0.25) is 4.90 Å². The highest BCUT2D eigenvalue weighted by Crippen LogP contribution is 2.27. The fourth-order valence-corrected chi connectivity index (χ4v) is 2.32. The van der Waals surface area contributed by atoms with E-state index in [1.54, 1.807) is 12.1 Å². The third kappa shape index (κ3) is 3.69. The molecule has 1 atom stereocenters. The Morgan fingerprint density at radius 2 is 2.11 bits per heavy atom. The maximum atomic E-state index is 13.4. The van der Waals surface area contributed by atoms with Crippen LogP contribution in [-0.2, 0) is 0 Å². The standard InChI is InChI=1S/C14H19FN2O.ClH/c1-3-13(17-8-6-16-7-9-17)11-4-5-12(15)14(10-11)18-2;/h3-5,10,13,16H,1,6-9H2,2H3;1H/t13-;/m0./s1. The number of hydrogen-bond donors (Lipinski definition) is 1. The Morgan fingerprint density at radius 3 is 2.68 bits per heavy atom. The van der Waals surface area contributed by atoms with Crippen LogP contribution in [0.5, 0.6) is 5.75 Å². The third-order valence-electron chi connectivity index (χ3n) is 3.28. The minimum atomic E-state index is -0.329. The van der Waals surface area contributed by atoms with Crippen molar-refractivity contribution in [2.75, 3.05) is 33.3 Å². The number of benzene rings is 1. The van der Waals surface area contributed by atoms with Crippen LogP contribution in [0.25, 0.3) is 0 Å². The molecule has 1 aliphatic rings. The van der Waals surface area contributed by atoms with Crippen LogP contribution in [0.15, 0.2) is 30.9 Å². The average molecular weight is 287 g/mol. The number of piperazine rings is 1. The van der Waals surface area contributed by atoms with Crippen LogP contribution in [0, 0.1) is 5.82 Å². The smallest absolute Gasteiger partial charge is 0.165 e. The SMILES string of the molecule is C=C[C@@H](c1ccc(F)c(OC)c1)N1CCNCC1.Cl. The van der Waals surface area contributed by atoms with Crippen LogP contribution in [0.4, 0.5) is 4.39 Å². The Balaban J connectivity index is 0.00000180. The van der Waals surface area contributed by atoms with E-state index in [2.05, 4.69) is 16.8 Å². The summed E-state index contributed by atoms with van der Waals surface area (Å²) >= 11 is 0. The molecule has 5 heteroatoms. The Kier molecular flexibility index (Phi) is 6.28. The third-order valence-corrected chi connectivity index (χ3v) is 3.28. The van der Waals surface area contributed by atoms with Crippen LogP contribution in [0.1, 0.15) is 11.6 Å². The number of ether oxygens (including phenoxy) is 1. The quantitative estimate of drug-likeness (QED) is 0.860. The molecular formula is C14H20ClFN2O. The molecule has 1 aliphatic heterocycles. The molecule has 2 rings (SSSR count). The molecule has 19 heavy (non-hydrogen) atoms. The molecule has 1 saturated heterocycles. The molecule has 0 amide bonds. The number of nitrogens with one attached hydrogen (secondary N) is 1. The zero-order chi connectivity index (χ0) is 13.0. The Bertz CT molecular complexity index is 422. The Morgan fingerprint density at radius 1 is 1.42 bits per heavy atom. The van der Waals surface area contributed by atoms with Crippen molar-refractivity contribution in [2.45, 2.75) is 6.04 Å². The van der Waals surface area contributed by atoms with Crippen molar-refractivity contribution in [3.63, 3.8) is 0 Å². The van der Waals surface area contributed by atoms with E-state index in [9.17, 15) is 4.39 Å². The van der Waals surface area contributed by atoms with Crippen molar-refractivity contribution in [2.24, 2.45) is 0 Å². The molecule has 1 heterocycles. The highest BCUT2D eigenvalue weighted by atomic mass is 35.5. The first-order chi connectivity index (χ1) is 8.76. The predicted molar refractivity (Wildman–Crippen MR) is 77.6 cm³/mol. The van der Waals surface area contributed by atoms with E-state index in [4.69, 9.17) is 4.74 Å². The van der Waals surface area contributed by atoms with Gasteiger partial charge in [0.25, 0.3) is 0 Å². The maximum Gasteiger partial charge on any atom is 0.165 e. The first-order valence-corrected chi connectivity index (χ1v) is 6.17. The molecule has 0 unspecified atom stereocenters. The first kappa shape index (κ1) is 16.0. The molecule has 0 radical (unpaired) electrons. The van der Waals surface area contributed by atoms with Crippen molar-refractivity contribution in [1.82, 2.24) is 10.2 Å². The van der Waals surface area contributed by atoms with Gasteiger partial charge in [0.1, 0.15) is 0 Å². The van der Waals surface area contributed by atoms with Crippen LogP contribution < -0.4 is 10.1 Å². The normalized spacial score (nSPS) is 17.4. The van der Waals surface area contributed by atoms with Crippen molar-refractivity contribution >= 4 is 12.4 Å².